The van der Waals surface area contributed by atoms with Gasteiger partial charge in [0.15, 0.2) is 0 Å². The van der Waals surface area contributed by atoms with Crippen LogP contribution in [-0.4, -0.2) is 36.9 Å². The van der Waals surface area contributed by atoms with E-state index in [4.69, 9.17) is 21.4 Å². The van der Waals surface area contributed by atoms with Gasteiger partial charge < -0.3 is 14.7 Å². The summed E-state index contributed by atoms with van der Waals surface area (Å²) in [7, 11) is 0. The van der Waals surface area contributed by atoms with Crippen molar-refractivity contribution in [1.29, 1.82) is 0 Å². The van der Waals surface area contributed by atoms with Crippen LogP contribution in [0.3, 0.4) is 0 Å². The number of rotatable bonds is 4. The van der Waals surface area contributed by atoms with Crippen LogP contribution in [0.25, 0.3) is 6.08 Å². The van der Waals surface area contributed by atoms with Crippen molar-refractivity contribution in [3.05, 3.63) is 34.9 Å². The van der Waals surface area contributed by atoms with Crippen molar-refractivity contribution >= 4 is 29.3 Å². The molecule has 1 fully saturated rings. The molecule has 0 aromatic heterocycles. The minimum absolute atomic E-state index is 0.307. The van der Waals surface area contributed by atoms with Gasteiger partial charge in [0.25, 0.3) is 0 Å². The number of aliphatic carboxylic acids is 1. The first-order chi connectivity index (χ1) is 9.61. The third kappa shape index (κ3) is 3.52. The van der Waals surface area contributed by atoms with Gasteiger partial charge in [-0.2, -0.15) is 0 Å². The second-order valence-corrected chi connectivity index (χ2v) is 5.14. The zero-order valence-electron chi connectivity index (χ0n) is 11.4. The number of morpholine rings is 1. The zero-order valence-corrected chi connectivity index (χ0v) is 12.1. The molecule has 1 unspecified atom stereocenters. The van der Waals surface area contributed by atoms with E-state index in [1.807, 2.05) is 12.1 Å². The van der Waals surface area contributed by atoms with Gasteiger partial charge in [-0.3, -0.25) is 0 Å². The van der Waals surface area contributed by atoms with E-state index in [0.29, 0.717) is 24.3 Å². The summed E-state index contributed by atoms with van der Waals surface area (Å²) in [6.45, 7) is 4.30. The summed E-state index contributed by atoms with van der Waals surface area (Å²) >= 11 is 6.02. The number of nitrogens with zero attached hydrogens (tertiary/aromatic N) is 1. The van der Waals surface area contributed by atoms with Crippen LogP contribution in [0.2, 0.25) is 5.02 Å². The van der Waals surface area contributed by atoms with Gasteiger partial charge in [-0.25, -0.2) is 4.79 Å². The van der Waals surface area contributed by atoms with Gasteiger partial charge in [-0.05, 0) is 36.3 Å². The Hall–Kier alpha value is -1.52. The Morgan fingerprint density at radius 2 is 2.40 bits per heavy atom. The van der Waals surface area contributed by atoms with Gasteiger partial charge in [0.05, 0.1) is 19.3 Å². The smallest absolute Gasteiger partial charge is 0.328 e. The molecule has 20 heavy (non-hydrogen) atoms. The SMILES string of the molecule is CCC1COCCN1c1ccc(Cl)cc1/C=C/C(=O)O. The number of hydrogen-bond donors (Lipinski definition) is 1. The normalized spacial score (nSPS) is 19.5. The van der Waals surface area contributed by atoms with Crippen LogP contribution in [0.4, 0.5) is 5.69 Å². The number of carboxylic acid groups (broad SMARTS) is 1. The molecule has 1 aliphatic rings. The van der Waals surface area contributed by atoms with Gasteiger partial charge >= 0.3 is 5.97 Å². The van der Waals surface area contributed by atoms with E-state index in [1.165, 1.54) is 0 Å². The van der Waals surface area contributed by atoms with Crippen molar-refractivity contribution in [3.63, 3.8) is 0 Å². The molecular formula is C15H18ClNO3. The third-order valence-electron chi connectivity index (χ3n) is 3.40. The number of halogens is 1. The molecule has 0 aliphatic carbocycles. The van der Waals surface area contributed by atoms with Crippen LogP contribution >= 0.6 is 11.6 Å². The molecule has 1 heterocycles. The number of benzene rings is 1. The third-order valence-corrected chi connectivity index (χ3v) is 3.64. The van der Waals surface area contributed by atoms with E-state index >= 15 is 0 Å². The van der Waals surface area contributed by atoms with Gasteiger partial charge in [0, 0.05) is 23.3 Å². The van der Waals surface area contributed by atoms with E-state index in [-0.39, 0.29) is 0 Å². The Labute approximate surface area is 123 Å². The molecule has 1 N–H and O–H groups in total. The maximum atomic E-state index is 10.7. The average molecular weight is 296 g/mol. The molecule has 5 heteroatoms. The molecule has 0 amide bonds. The number of carboxylic acids is 1. The second-order valence-electron chi connectivity index (χ2n) is 4.71. The van der Waals surface area contributed by atoms with Crippen LogP contribution in [0, 0.1) is 0 Å². The Kier molecular flexibility index (Phi) is 5.04. The predicted octanol–water partition coefficient (Wildman–Crippen LogP) is 3.05. The molecular weight excluding hydrogens is 278 g/mol. The molecule has 0 radical (unpaired) electrons. The van der Waals surface area contributed by atoms with E-state index < -0.39 is 5.97 Å². The minimum Gasteiger partial charge on any atom is -0.478 e. The first kappa shape index (κ1) is 14.9. The largest absolute Gasteiger partial charge is 0.478 e. The van der Waals surface area contributed by atoms with Gasteiger partial charge in [-0.1, -0.05) is 18.5 Å². The highest BCUT2D eigenvalue weighted by Crippen LogP contribution is 2.29. The Morgan fingerprint density at radius 1 is 1.60 bits per heavy atom. The molecule has 4 nitrogen and oxygen atoms in total. The molecule has 1 aliphatic heterocycles. The van der Waals surface area contributed by atoms with Crippen LogP contribution in [-0.2, 0) is 9.53 Å². The summed E-state index contributed by atoms with van der Waals surface area (Å²) in [5.74, 6) is -0.968. The first-order valence-corrected chi connectivity index (χ1v) is 7.04. The van der Waals surface area contributed by atoms with Crippen molar-refractivity contribution in [2.75, 3.05) is 24.7 Å². The lowest BCUT2D eigenvalue weighted by molar-refractivity contribution is -0.131. The molecule has 1 saturated heterocycles. The molecule has 0 spiro atoms. The summed E-state index contributed by atoms with van der Waals surface area (Å²) in [6.07, 6.45) is 3.70. The zero-order chi connectivity index (χ0) is 14.5. The molecule has 0 saturated carbocycles. The lowest BCUT2D eigenvalue weighted by atomic mass is 10.1. The molecule has 108 valence electrons. The fraction of sp³-hybridized carbons (Fsp3) is 0.400. The average Bonchev–Trinajstić information content (AvgIpc) is 2.45. The van der Waals surface area contributed by atoms with Crippen molar-refractivity contribution in [2.24, 2.45) is 0 Å². The quantitative estimate of drug-likeness (QED) is 0.868. The fourth-order valence-corrected chi connectivity index (χ4v) is 2.57. The van der Waals surface area contributed by atoms with Crippen molar-refractivity contribution in [1.82, 2.24) is 0 Å². The van der Waals surface area contributed by atoms with Crippen molar-refractivity contribution in [2.45, 2.75) is 19.4 Å². The summed E-state index contributed by atoms with van der Waals surface area (Å²) < 4.78 is 5.51. The maximum Gasteiger partial charge on any atom is 0.328 e. The summed E-state index contributed by atoms with van der Waals surface area (Å²) in [5, 5.41) is 9.39. The van der Waals surface area contributed by atoms with Gasteiger partial charge in [0.2, 0.25) is 0 Å². The molecule has 2 rings (SSSR count). The number of hydrogen-bond acceptors (Lipinski definition) is 3. The first-order valence-electron chi connectivity index (χ1n) is 6.66. The molecule has 1 atom stereocenters. The fourth-order valence-electron chi connectivity index (χ4n) is 2.39. The Balaban J connectivity index is 2.36. The maximum absolute atomic E-state index is 10.7. The predicted molar refractivity (Wildman–Crippen MR) is 80.4 cm³/mol. The Morgan fingerprint density at radius 3 is 3.10 bits per heavy atom. The summed E-state index contributed by atoms with van der Waals surface area (Å²) in [5.41, 5.74) is 1.82. The lowest BCUT2D eigenvalue weighted by Gasteiger charge is -2.37. The molecule has 1 aromatic rings. The topological polar surface area (TPSA) is 49.8 Å². The van der Waals surface area contributed by atoms with E-state index in [9.17, 15) is 4.79 Å². The monoisotopic (exact) mass is 295 g/mol. The highest BCUT2D eigenvalue weighted by molar-refractivity contribution is 6.30. The lowest BCUT2D eigenvalue weighted by Crippen LogP contribution is -2.45. The van der Waals surface area contributed by atoms with Crippen LogP contribution < -0.4 is 4.90 Å². The van der Waals surface area contributed by atoms with Crippen molar-refractivity contribution < 1.29 is 14.6 Å². The number of ether oxygens (including phenoxy) is 1. The van der Waals surface area contributed by atoms with E-state index in [1.54, 1.807) is 12.1 Å². The highest BCUT2D eigenvalue weighted by atomic mass is 35.5. The molecule has 0 bridgehead atoms. The van der Waals surface area contributed by atoms with Crippen LogP contribution in [0.1, 0.15) is 18.9 Å². The molecule has 1 aromatic carbocycles. The minimum atomic E-state index is -0.968. The Bertz CT molecular complexity index is 516. The van der Waals surface area contributed by atoms with Crippen LogP contribution in [0.15, 0.2) is 24.3 Å². The van der Waals surface area contributed by atoms with E-state index in [2.05, 4.69) is 11.8 Å². The van der Waals surface area contributed by atoms with E-state index in [0.717, 1.165) is 30.3 Å². The number of anilines is 1. The van der Waals surface area contributed by atoms with Crippen LogP contribution in [0.5, 0.6) is 0 Å². The summed E-state index contributed by atoms with van der Waals surface area (Å²) in [6, 6.07) is 5.87. The van der Waals surface area contributed by atoms with Gasteiger partial charge in [0.1, 0.15) is 0 Å². The van der Waals surface area contributed by atoms with Gasteiger partial charge in [-0.15, -0.1) is 0 Å². The van der Waals surface area contributed by atoms with Crippen molar-refractivity contribution in [3.8, 4) is 0 Å². The highest BCUT2D eigenvalue weighted by Gasteiger charge is 2.23. The second kappa shape index (κ2) is 6.77. The standard InChI is InChI=1S/C15H18ClNO3/c1-2-13-10-20-8-7-17(13)14-5-4-12(16)9-11(14)3-6-15(18)19/h3-6,9,13H,2,7-8,10H2,1H3,(H,18,19)/b6-3+. The number of carbonyl (C=O) groups is 1. The summed E-state index contributed by atoms with van der Waals surface area (Å²) in [4.78, 5) is 13.0.